The largest absolute Gasteiger partial charge is 0.331 e. The van der Waals surface area contributed by atoms with Gasteiger partial charge >= 0.3 is 6.03 Å². The molecule has 0 aliphatic carbocycles. The Bertz CT molecular complexity index is 1810. The molecule has 10 nitrogen and oxygen atoms in total. The van der Waals surface area contributed by atoms with E-state index in [2.05, 4.69) is 10.6 Å². The highest BCUT2D eigenvalue weighted by Gasteiger charge is 2.39. The zero-order valence-electron chi connectivity index (χ0n) is 23.7. The molecule has 4 aromatic carbocycles. The summed E-state index contributed by atoms with van der Waals surface area (Å²) < 4.78 is 27.8. The molecule has 2 aliphatic heterocycles. The van der Waals surface area contributed by atoms with Gasteiger partial charge in [0.1, 0.15) is 0 Å². The van der Waals surface area contributed by atoms with Gasteiger partial charge in [0, 0.05) is 23.5 Å². The summed E-state index contributed by atoms with van der Waals surface area (Å²) in [5.41, 5.74) is 10.1. The molecule has 0 saturated carbocycles. The van der Waals surface area contributed by atoms with Gasteiger partial charge in [0.05, 0.1) is 23.5 Å². The van der Waals surface area contributed by atoms with Crippen molar-refractivity contribution in [3.63, 3.8) is 0 Å². The first-order chi connectivity index (χ1) is 21.2. The molecule has 1 saturated heterocycles. The fraction of sp³-hybridized carbons (Fsp3) is 0.182. The van der Waals surface area contributed by atoms with Crippen molar-refractivity contribution in [3.05, 3.63) is 125 Å². The molecule has 2 heterocycles. The maximum Gasteiger partial charge on any atom is 0.331 e. The number of urea groups is 1. The lowest BCUT2D eigenvalue weighted by molar-refractivity contribution is -0.117. The zero-order valence-corrected chi connectivity index (χ0v) is 24.5. The summed E-state index contributed by atoms with van der Waals surface area (Å²) >= 11 is 0. The Hall–Kier alpha value is -5.00. The Morgan fingerprint density at radius 2 is 1.61 bits per heavy atom. The van der Waals surface area contributed by atoms with Crippen molar-refractivity contribution in [2.45, 2.75) is 29.8 Å². The average Bonchev–Trinajstić information content (AvgIpc) is 3.65. The SMILES string of the molecule is N[C@@H](Cc1ccccc1)C(=O)Nc1ccc(C(=O)N2CCc3cc(S(=O)(=O)N4C[C@H](c5ccccc5)NC4=O)ccc32)cc1. The number of rotatable bonds is 8. The average molecular weight is 610 g/mol. The standard InChI is InChI=1S/C33H31N5O5S/c34-28(19-22-7-3-1-4-8-22)31(39)35-26-13-11-24(12-14-26)32(40)37-18-17-25-20-27(15-16-30(25)37)44(42,43)38-21-29(36-33(38)41)23-9-5-2-6-10-23/h1-16,20,28-29H,17-19,21,34H2,(H,35,39)(H,36,41)/t28-,29+/m0/s1. The highest BCUT2D eigenvalue weighted by atomic mass is 32.2. The molecule has 0 bridgehead atoms. The first kappa shape index (κ1) is 29.1. The smallest absolute Gasteiger partial charge is 0.328 e. The minimum Gasteiger partial charge on any atom is -0.328 e. The second-order valence-corrected chi connectivity index (χ2v) is 12.7. The summed E-state index contributed by atoms with van der Waals surface area (Å²) in [6, 6.07) is 28.0. The minimum atomic E-state index is -4.10. The number of nitrogens with two attached hydrogens (primary N) is 1. The highest BCUT2D eigenvalue weighted by Crippen LogP contribution is 2.33. The maximum absolute atomic E-state index is 13.4. The van der Waals surface area contributed by atoms with E-state index in [0.717, 1.165) is 15.4 Å². The molecule has 11 heteroatoms. The fourth-order valence-electron chi connectivity index (χ4n) is 5.52. The van der Waals surface area contributed by atoms with Gasteiger partial charge in [-0.15, -0.1) is 0 Å². The summed E-state index contributed by atoms with van der Waals surface area (Å²) in [7, 11) is -4.10. The molecule has 0 radical (unpaired) electrons. The normalized spacial score (nSPS) is 16.8. The molecule has 0 spiro atoms. The van der Waals surface area contributed by atoms with Crippen LogP contribution in [0.25, 0.3) is 0 Å². The molecular weight excluding hydrogens is 578 g/mol. The van der Waals surface area contributed by atoms with Gasteiger partial charge in [0.2, 0.25) is 5.91 Å². The molecule has 0 unspecified atom stereocenters. The molecule has 4 N–H and O–H groups in total. The third-order valence-corrected chi connectivity index (χ3v) is 9.63. The van der Waals surface area contributed by atoms with E-state index in [1.807, 2.05) is 60.7 Å². The number of anilines is 2. The van der Waals surface area contributed by atoms with E-state index in [0.29, 0.717) is 41.9 Å². The van der Waals surface area contributed by atoms with Crippen LogP contribution in [-0.4, -0.2) is 49.7 Å². The van der Waals surface area contributed by atoms with Crippen LogP contribution < -0.4 is 21.3 Å². The van der Waals surface area contributed by atoms with Crippen molar-refractivity contribution < 1.29 is 22.8 Å². The van der Waals surface area contributed by atoms with Crippen LogP contribution in [0.5, 0.6) is 0 Å². The summed E-state index contributed by atoms with van der Waals surface area (Å²) in [6.45, 7) is 0.368. The number of nitrogens with one attached hydrogen (secondary N) is 2. The minimum absolute atomic E-state index is 0.0000210. The number of nitrogens with zero attached hydrogens (tertiary/aromatic N) is 2. The number of benzene rings is 4. The fourth-order valence-corrected chi connectivity index (χ4v) is 6.92. The monoisotopic (exact) mass is 609 g/mol. The first-order valence-electron chi connectivity index (χ1n) is 14.2. The van der Waals surface area contributed by atoms with Gasteiger partial charge in [0.25, 0.3) is 15.9 Å². The zero-order chi connectivity index (χ0) is 30.8. The van der Waals surface area contributed by atoms with E-state index >= 15 is 0 Å². The van der Waals surface area contributed by atoms with E-state index in [1.165, 1.54) is 6.07 Å². The number of amides is 4. The second-order valence-electron chi connectivity index (χ2n) is 10.8. The summed E-state index contributed by atoms with van der Waals surface area (Å²) in [4.78, 5) is 40.2. The molecule has 44 heavy (non-hydrogen) atoms. The Morgan fingerprint density at radius 3 is 2.32 bits per heavy atom. The molecule has 0 aromatic heterocycles. The summed E-state index contributed by atoms with van der Waals surface area (Å²) in [6.07, 6.45) is 0.872. The van der Waals surface area contributed by atoms with Gasteiger partial charge in [0.15, 0.2) is 0 Å². The van der Waals surface area contributed by atoms with Crippen molar-refractivity contribution in [3.8, 4) is 0 Å². The molecule has 4 aromatic rings. The van der Waals surface area contributed by atoms with Crippen molar-refractivity contribution in [2.75, 3.05) is 23.3 Å². The topological polar surface area (TPSA) is 142 Å². The van der Waals surface area contributed by atoms with Crippen molar-refractivity contribution >= 4 is 39.2 Å². The van der Waals surface area contributed by atoms with E-state index in [4.69, 9.17) is 5.73 Å². The quantitative estimate of drug-likeness (QED) is 0.277. The lowest BCUT2D eigenvalue weighted by Crippen LogP contribution is -2.37. The lowest BCUT2D eigenvalue weighted by Gasteiger charge is -2.19. The van der Waals surface area contributed by atoms with Crippen LogP contribution in [0.4, 0.5) is 16.2 Å². The maximum atomic E-state index is 13.4. The Labute approximate surface area is 255 Å². The van der Waals surface area contributed by atoms with Crippen LogP contribution >= 0.6 is 0 Å². The number of sulfonamides is 1. The van der Waals surface area contributed by atoms with Gasteiger partial charge < -0.3 is 21.3 Å². The molecule has 224 valence electrons. The Balaban J connectivity index is 1.11. The third-order valence-electron chi connectivity index (χ3n) is 7.89. The molecule has 1 fully saturated rings. The summed E-state index contributed by atoms with van der Waals surface area (Å²) in [5.74, 6) is -0.572. The van der Waals surface area contributed by atoms with E-state index in [-0.39, 0.29) is 23.3 Å². The number of hydrogen-bond acceptors (Lipinski definition) is 6. The van der Waals surface area contributed by atoms with Crippen LogP contribution in [-0.2, 0) is 27.7 Å². The molecule has 6 rings (SSSR count). The number of hydrogen-bond donors (Lipinski definition) is 3. The van der Waals surface area contributed by atoms with Gasteiger partial charge in [-0.25, -0.2) is 17.5 Å². The van der Waals surface area contributed by atoms with Crippen LogP contribution in [0.3, 0.4) is 0 Å². The van der Waals surface area contributed by atoms with Crippen molar-refractivity contribution in [1.82, 2.24) is 9.62 Å². The summed E-state index contributed by atoms with van der Waals surface area (Å²) in [5, 5.41) is 5.54. The van der Waals surface area contributed by atoms with Gasteiger partial charge in [-0.2, -0.15) is 0 Å². The Morgan fingerprint density at radius 1 is 0.932 bits per heavy atom. The molecule has 4 amide bonds. The van der Waals surface area contributed by atoms with Crippen LogP contribution in [0, 0.1) is 0 Å². The van der Waals surface area contributed by atoms with Crippen molar-refractivity contribution in [1.29, 1.82) is 0 Å². The molecule has 2 aliphatic rings. The second kappa shape index (κ2) is 11.9. The predicted octanol–water partition coefficient (Wildman–Crippen LogP) is 3.85. The van der Waals surface area contributed by atoms with E-state index < -0.39 is 28.1 Å². The Kier molecular flexibility index (Phi) is 7.90. The van der Waals surface area contributed by atoms with E-state index in [9.17, 15) is 22.8 Å². The van der Waals surface area contributed by atoms with Crippen LogP contribution in [0.15, 0.2) is 108 Å². The van der Waals surface area contributed by atoms with Crippen molar-refractivity contribution in [2.24, 2.45) is 5.73 Å². The first-order valence-corrected chi connectivity index (χ1v) is 15.7. The van der Waals surface area contributed by atoms with Gasteiger partial charge in [-0.3, -0.25) is 9.59 Å². The lowest BCUT2D eigenvalue weighted by atomic mass is 10.1. The molecule has 2 atom stereocenters. The number of fused-ring (bicyclic) bond motifs is 1. The van der Waals surface area contributed by atoms with E-state index in [1.54, 1.807) is 41.3 Å². The van der Waals surface area contributed by atoms with Crippen LogP contribution in [0.1, 0.15) is 33.1 Å². The molecular formula is C33H31N5O5S. The van der Waals surface area contributed by atoms with Gasteiger partial charge in [-0.1, -0.05) is 60.7 Å². The number of carbonyl (C=O) groups is 3. The van der Waals surface area contributed by atoms with Gasteiger partial charge in [-0.05, 0) is 72.0 Å². The van der Waals surface area contributed by atoms with Crippen LogP contribution in [0.2, 0.25) is 0 Å². The third kappa shape index (κ3) is 5.79. The highest BCUT2D eigenvalue weighted by molar-refractivity contribution is 7.89. The predicted molar refractivity (Wildman–Crippen MR) is 167 cm³/mol. The number of carbonyl (C=O) groups excluding carboxylic acids is 3.